The molecule has 2 aromatic carbocycles. The van der Waals surface area contributed by atoms with Gasteiger partial charge in [-0.15, -0.1) is 0 Å². The molecule has 79 valence electrons. The minimum Gasteiger partial charge on any atom is -0.295 e. The summed E-state index contributed by atoms with van der Waals surface area (Å²) in [5.74, 6) is 0.111. The van der Waals surface area contributed by atoms with Crippen molar-refractivity contribution in [2.45, 2.75) is 13.3 Å². The van der Waals surface area contributed by atoms with Crippen molar-refractivity contribution in [1.29, 1.82) is 0 Å². The minimum absolute atomic E-state index is 0.111. The van der Waals surface area contributed by atoms with Crippen LogP contribution in [0.2, 0.25) is 0 Å². The van der Waals surface area contributed by atoms with E-state index in [1.54, 1.807) is 6.92 Å². The maximum atomic E-state index is 11.1. The Morgan fingerprint density at radius 1 is 1.12 bits per heavy atom. The molecule has 0 aromatic heterocycles. The van der Waals surface area contributed by atoms with Crippen molar-refractivity contribution in [3.8, 4) is 0 Å². The summed E-state index contributed by atoms with van der Waals surface area (Å²) in [5.41, 5.74) is 3.21. The van der Waals surface area contributed by atoms with Gasteiger partial charge in [0.15, 0.2) is 5.78 Å². The van der Waals surface area contributed by atoms with Crippen molar-refractivity contribution in [2.24, 2.45) is 0 Å². The van der Waals surface area contributed by atoms with E-state index in [4.69, 9.17) is 0 Å². The molecule has 0 fully saturated rings. The zero-order chi connectivity index (χ0) is 11.4. The van der Waals surface area contributed by atoms with Gasteiger partial charge in [0.25, 0.3) is 0 Å². The maximum absolute atomic E-state index is 11.1. The van der Waals surface area contributed by atoms with Crippen LogP contribution < -0.4 is 0 Å². The molecule has 1 nitrogen and oxygen atoms in total. The van der Waals surface area contributed by atoms with Crippen LogP contribution in [0.4, 0.5) is 0 Å². The zero-order valence-corrected chi connectivity index (χ0v) is 9.23. The second kappa shape index (κ2) is 4.75. The summed E-state index contributed by atoms with van der Waals surface area (Å²) in [5, 5.41) is 0. The lowest BCUT2D eigenvalue weighted by Gasteiger charge is -2.02. The van der Waals surface area contributed by atoms with E-state index in [0.717, 1.165) is 12.0 Å². The second-order valence-electron chi connectivity index (χ2n) is 3.84. The summed E-state index contributed by atoms with van der Waals surface area (Å²) in [4.78, 5) is 11.1. The van der Waals surface area contributed by atoms with Crippen LogP contribution in [0, 0.1) is 6.07 Å². The van der Waals surface area contributed by atoms with Gasteiger partial charge in [-0.05, 0) is 30.5 Å². The molecule has 0 saturated carbocycles. The molecule has 0 aliphatic carbocycles. The van der Waals surface area contributed by atoms with Crippen molar-refractivity contribution in [3.05, 3.63) is 71.3 Å². The number of hydrogen-bond acceptors (Lipinski definition) is 1. The fourth-order valence-electron chi connectivity index (χ4n) is 1.63. The second-order valence-corrected chi connectivity index (χ2v) is 3.84. The summed E-state index contributed by atoms with van der Waals surface area (Å²) in [6.45, 7) is 1.58. The Hall–Kier alpha value is -1.89. The van der Waals surface area contributed by atoms with Crippen molar-refractivity contribution in [3.63, 3.8) is 0 Å². The first kappa shape index (κ1) is 10.6. The van der Waals surface area contributed by atoms with Gasteiger partial charge in [-0.3, -0.25) is 4.79 Å². The largest absolute Gasteiger partial charge is 0.295 e. The van der Waals surface area contributed by atoms with E-state index < -0.39 is 0 Å². The van der Waals surface area contributed by atoms with Crippen molar-refractivity contribution in [2.75, 3.05) is 0 Å². The van der Waals surface area contributed by atoms with Gasteiger partial charge in [-0.2, -0.15) is 0 Å². The van der Waals surface area contributed by atoms with Crippen molar-refractivity contribution in [1.82, 2.24) is 0 Å². The van der Waals surface area contributed by atoms with Crippen molar-refractivity contribution >= 4 is 5.78 Å². The van der Waals surface area contributed by atoms with E-state index in [2.05, 4.69) is 12.1 Å². The molecule has 0 spiro atoms. The fourth-order valence-corrected chi connectivity index (χ4v) is 1.63. The number of benzene rings is 2. The molecule has 0 aliphatic rings. The number of Topliss-reactive ketones (excluding diaryl/α,β-unsaturated/α-hetero) is 1. The Morgan fingerprint density at radius 2 is 1.88 bits per heavy atom. The van der Waals surface area contributed by atoms with Gasteiger partial charge in [0.05, 0.1) is 0 Å². The average molecular weight is 209 g/mol. The molecule has 0 amide bonds. The van der Waals surface area contributed by atoms with Crippen LogP contribution >= 0.6 is 0 Å². The summed E-state index contributed by atoms with van der Waals surface area (Å²) in [6.07, 6.45) is 0.884. The van der Waals surface area contributed by atoms with E-state index in [-0.39, 0.29) is 5.78 Å². The predicted molar refractivity (Wildman–Crippen MR) is 64.5 cm³/mol. The molecule has 1 heteroatoms. The molecular weight excluding hydrogens is 196 g/mol. The molecule has 1 radical (unpaired) electrons. The van der Waals surface area contributed by atoms with Crippen LogP contribution in [0.5, 0.6) is 0 Å². The highest BCUT2D eigenvalue weighted by atomic mass is 16.1. The van der Waals surface area contributed by atoms with Crippen LogP contribution in [-0.2, 0) is 6.42 Å². The number of carbonyl (C=O) groups is 1. The van der Waals surface area contributed by atoms with Crippen LogP contribution in [0.25, 0.3) is 0 Å². The summed E-state index contributed by atoms with van der Waals surface area (Å²) in [7, 11) is 0. The van der Waals surface area contributed by atoms with E-state index in [1.165, 1.54) is 11.1 Å². The van der Waals surface area contributed by atoms with Gasteiger partial charge in [0.2, 0.25) is 0 Å². The third kappa shape index (κ3) is 2.57. The standard InChI is InChI=1S/C15H13O/c1-12(16)15-9-7-14(8-10-15)11-13-5-3-2-4-6-13/h2-3,5-10H,11H2,1H3. The van der Waals surface area contributed by atoms with Crippen molar-refractivity contribution < 1.29 is 4.79 Å². The normalized spacial score (nSPS) is 10.1. The van der Waals surface area contributed by atoms with E-state index in [0.29, 0.717) is 0 Å². The van der Waals surface area contributed by atoms with Crippen LogP contribution in [0.15, 0.2) is 48.5 Å². The first-order valence-electron chi connectivity index (χ1n) is 5.30. The van der Waals surface area contributed by atoms with Crippen LogP contribution in [0.3, 0.4) is 0 Å². The van der Waals surface area contributed by atoms with Gasteiger partial charge in [0, 0.05) is 5.56 Å². The third-order valence-electron chi connectivity index (χ3n) is 2.54. The highest BCUT2D eigenvalue weighted by molar-refractivity contribution is 5.94. The van der Waals surface area contributed by atoms with Gasteiger partial charge in [0.1, 0.15) is 0 Å². The number of carbonyl (C=O) groups excluding carboxylic acids is 1. The van der Waals surface area contributed by atoms with Gasteiger partial charge < -0.3 is 0 Å². The minimum atomic E-state index is 0.111. The molecule has 0 N–H and O–H groups in total. The lowest BCUT2D eigenvalue weighted by atomic mass is 10.0. The SMILES string of the molecule is CC(=O)c1ccc(Cc2c[c]ccc2)cc1. The Labute approximate surface area is 95.7 Å². The first-order valence-corrected chi connectivity index (χ1v) is 5.30. The smallest absolute Gasteiger partial charge is 0.159 e. The average Bonchev–Trinajstić information content (AvgIpc) is 2.31. The number of hydrogen-bond donors (Lipinski definition) is 0. The summed E-state index contributed by atoms with van der Waals surface area (Å²) >= 11 is 0. The van der Waals surface area contributed by atoms with Gasteiger partial charge >= 0.3 is 0 Å². The predicted octanol–water partition coefficient (Wildman–Crippen LogP) is 3.28. The molecule has 0 aliphatic heterocycles. The molecular formula is C15H13O. The van der Waals surface area contributed by atoms with Gasteiger partial charge in [-0.25, -0.2) is 0 Å². The van der Waals surface area contributed by atoms with Crippen LogP contribution in [0.1, 0.15) is 28.4 Å². The Balaban J connectivity index is 2.14. The fraction of sp³-hybridized carbons (Fsp3) is 0.133. The van der Waals surface area contributed by atoms with Crippen LogP contribution in [-0.4, -0.2) is 5.78 Å². The Bertz CT molecular complexity index is 469. The van der Waals surface area contributed by atoms with E-state index >= 15 is 0 Å². The molecule has 0 heterocycles. The lowest BCUT2D eigenvalue weighted by Crippen LogP contribution is -1.93. The summed E-state index contributed by atoms with van der Waals surface area (Å²) < 4.78 is 0. The zero-order valence-electron chi connectivity index (χ0n) is 9.23. The van der Waals surface area contributed by atoms with E-state index in [1.807, 2.05) is 42.5 Å². The molecule has 16 heavy (non-hydrogen) atoms. The topological polar surface area (TPSA) is 17.1 Å². The highest BCUT2D eigenvalue weighted by Crippen LogP contribution is 2.10. The maximum Gasteiger partial charge on any atom is 0.159 e. The van der Waals surface area contributed by atoms with E-state index in [9.17, 15) is 4.79 Å². The molecule has 0 atom stereocenters. The highest BCUT2D eigenvalue weighted by Gasteiger charge is 1.99. The first-order chi connectivity index (χ1) is 7.75. The summed E-state index contributed by atoms with van der Waals surface area (Å²) in [6, 6.07) is 18.8. The monoisotopic (exact) mass is 209 g/mol. The lowest BCUT2D eigenvalue weighted by molar-refractivity contribution is 0.101. The molecule has 0 bridgehead atoms. The van der Waals surface area contributed by atoms with Gasteiger partial charge in [-0.1, -0.05) is 48.5 Å². The third-order valence-corrected chi connectivity index (χ3v) is 2.54. The Morgan fingerprint density at radius 3 is 2.44 bits per heavy atom. The molecule has 0 saturated heterocycles. The Kier molecular flexibility index (Phi) is 3.16. The quantitative estimate of drug-likeness (QED) is 0.709. The molecule has 0 unspecified atom stereocenters. The molecule has 2 rings (SSSR count). The molecule has 2 aromatic rings. The number of rotatable bonds is 3. The number of ketones is 1.